The number of rotatable bonds is 6. The minimum absolute atomic E-state index is 0.00483. The molecule has 4 heterocycles. The first-order valence-electron chi connectivity index (χ1n) is 9.67. The van der Waals surface area contributed by atoms with E-state index in [1.54, 1.807) is 37.5 Å². The Morgan fingerprint density at radius 3 is 3.03 bits per heavy atom. The predicted molar refractivity (Wildman–Crippen MR) is 117 cm³/mol. The highest BCUT2D eigenvalue weighted by Gasteiger charge is 2.44. The van der Waals surface area contributed by atoms with E-state index >= 15 is 0 Å². The van der Waals surface area contributed by atoms with Crippen molar-refractivity contribution in [3.05, 3.63) is 48.6 Å². The second-order valence-corrected chi connectivity index (χ2v) is 7.20. The van der Waals surface area contributed by atoms with Crippen molar-refractivity contribution in [3.8, 4) is 0 Å². The largest absolute Gasteiger partial charge is 0.354 e. The molecule has 2 N–H and O–H groups in total. The van der Waals surface area contributed by atoms with Crippen LogP contribution in [0.2, 0.25) is 0 Å². The van der Waals surface area contributed by atoms with Crippen molar-refractivity contribution in [2.45, 2.75) is 19.3 Å². The van der Waals surface area contributed by atoms with Crippen LogP contribution in [0, 0.1) is 0 Å². The fourth-order valence-electron chi connectivity index (χ4n) is 3.67. The third kappa shape index (κ3) is 3.44. The van der Waals surface area contributed by atoms with E-state index in [1.807, 2.05) is 30.6 Å². The SMILES string of the molecule is COC(Cn1cc([N+]23C=CN=CC2=NC(Nc2ccc4c(c2)CC(=O)N4)=N3)cn1)OC. The van der Waals surface area contributed by atoms with Gasteiger partial charge in [0, 0.05) is 25.6 Å². The second kappa shape index (κ2) is 7.54. The minimum atomic E-state index is -0.403. The lowest BCUT2D eigenvalue weighted by Crippen LogP contribution is -2.44. The lowest BCUT2D eigenvalue weighted by molar-refractivity contribution is -0.115. The van der Waals surface area contributed by atoms with Crippen molar-refractivity contribution in [3.63, 3.8) is 0 Å². The summed E-state index contributed by atoms with van der Waals surface area (Å²) in [6.45, 7) is 0.438. The summed E-state index contributed by atoms with van der Waals surface area (Å²) in [6, 6.07) is 5.68. The van der Waals surface area contributed by atoms with E-state index in [1.165, 1.54) is 0 Å². The van der Waals surface area contributed by atoms with Crippen LogP contribution >= 0.6 is 0 Å². The van der Waals surface area contributed by atoms with Crippen molar-refractivity contribution in [1.29, 1.82) is 0 Å². The molecule has 3 aliphatic rings. The molecule has 0 saturated heterocycles. The minimum Gasteiger partial charge on any atom is -0.354 e. The molecule has 1 atom stereocenters. The van der Waals surface area contributed by atoms with Crippen molar-refractivity contribution < 1.29 is 14.3 Å². The number of carbonyl (C=O) groups is 1. The number of carbonyl (C=O) groups excluding carboxylic acids is 1. The van der Waals surface area contributed by atoms with Gasteiger partial charge in [-0.25, -0.2) is 0 Å². The number of amides is 1. The molecule has 1 unspecified atom stereocenters. The summed E-state index contributed by atoms with van der Waals surface area (Å²) < 4.78 is 12.3. The maximum absolute atomic E-state index is 11.6. The monoisotopic (exact) mass is 421 g/mol. The summed E-state index contributed by atoms with van der Waals surface area (Å²) >= 11 is 0. The zero-order chi connectivity index (χ0) is 21.4. The molecule has 158 valence electrons. The number of anilines is 2. The number of hydrogen-bond donors (Lipinski definition) is 2. The van der Waals surface area contributed by atoms with Crippen LogP contribution in [0.1, 0.15) is 5.56 Å². The fourth-order valence-corrected chi connectivity index (χ4v) is 3.67. The summed E-state index contributed by atoms with van der Waals surface area (Å²) in [5, 5.41) is 15.3. The number of ether oxygens (including phenoxy) is 2. The Balaban J connectivity index is 1.43. The van der Waals surface area contributed by atoms with Gasteiger partial charge in [-0.05, 0) is 28.9 Å². The first-order chi connectivity index (χ1) is 15.1. The van der Waals surface area contributed by atoms with E-state index in [0.717, 1.165) is 22.6 Å². The van der Waals surface area contributed by atoms with E-state index in [2.05, 4.69) is 25.7 Å². The number of nitrogens with zero attached hydrogens (tertiary/aromatic N) is 6. The molecule has 0 bridgehead atoms. The average molecular weight is 421 g/mol. The van der Waals surface area contributed by atoms with Crippen LogP contribution in [0.5, 0.6) is 0 Å². The van der Waals surface area contributed by atoms with Crippen LogP contribution in [-0.4, -0.2) is 54.2 Å². The van der Waals surface area contributed by atoms with Crippen molar-refractivity contribution in [2.24, 2.45) is 15.1 Å². The number of quaternary nitrogens is 1. The summed E-state index contributed by atoms with van der Waals surface area (Å²) in [4.78, 5) is 20.4. The summed E-state index contributed by atoms with van der Waals surface area (Å²) in [5.41, 5.74) is 3.38. The summed E-state index contributed by atoms with van der Waals surface area (Å²) in [6.07, 6.45) is 8.77. The normalized spacial score (nSPS) is 21.1. The first kappa shape index (κ1) is 19.3. The standard InChI is InChI=1S/C20H20N8O3/c1-30-19(31-2)12-27-11-15(9-22-27)28-6-5-21-10-17(28)25-20(26-28)23-14-3-4-16-13(7-14)8-18(29)24-16/h3-7,9-11,19H,8,12H2,1-2H3,(H-,21,23,24,25,26,29)/p+1. The molecular formula is C20H21N8O3+. The lowest BCUT2D eigenvalue weighted by Gasteiger charge is -2.21. The highest BCUT2D eigenvalue weighted by Crippen LogP contribution is 2.31. The molecule has 0 fully saturated rings. The van der Waals surface area contributed by atoms with Gasteiger partial charge in [-0.3, -0.25) is 14.5 Å². The van der Waals surface area contributed by atoms with E-state index in [4.69, 9.17) is 14.6 Å². The third-order valence-corrected chi connectivity index (χ3v) is 5.24. The van der Waals surface area contributed by atoms with Crippen LogP contribution in [-0.2, 0) is 27.2 Å². The molecule has 2 aromatic rings. The molecule has 1 aromatic carbocycles. The van der Waals surface area contributed by atoms with Crippen molar-refractivity contribution >= 4 is 41.0 Å². The maximum Gasteiger partial charge on any atom is 0.287 e. The quantitative estimate of drug-likeness (QED) is 0.544. The van der Waals surface area contributed by atoms with Gasteiger partial charge in [0.25, 0.3) is 11.8 Å². The molecule has 0 spiro atoms. The molecule has 0 radical (unpaired) electrons. The number of benzene rings is 1. The van der Waals surface area contributed by atoms with Crippen LogP contribution in [0.4, 0.5) is 17.1 Å². The molecule has 31 heavy (non-hydrogen) atoms. The predicted octanol–water partition coefficient (Wildman–Crippen LogP) is 1.65. The van der Waals surface area contributed by atoms with Gasteiger partial charge < -0.3 is 20.1 Å². The van der Waals surface area contributed by atoms with Gasteiger partial charge >= 0.3 is 0 Å². The zero-order valence-corrected chi connectivity index (χ0v) is 17.0. The van der Waals surface area contributed by atoms with E-state index in [0.29, 0.717) is 24.8 Å². The molecule has 1 amide bonds. The summed E-state index contributed by atoms with van der Waals surface area (Å²) in [7, 11) is 3.17. The zero-order valence-electron chi connectivity index (χ0n) is 17.0. The fraction of sp³-hybridized carbons (Fsp3) is 0.250. The topological polar surface area (TPSA) is 114 Å². The van der Waals surface area contributed by atoms with Crippen LogP contribution in [0.15, 0.2) is 58.1 Å². The molecular weight excluding hydrogens is 400 g/mol. The van der Waals surface area contributed by atoms with Crippen LogP contribution in [0.25, 0.3) is 0 Å². The van der Waals surface area contributed by atoms with E-state index < -0.39 is 6.29 Å². The first-order valence-corrected chi connectivity index (χ1v) is 9.67. The lowest BCUT2D eigenvalue weighted by atomic mass is 10.1. The number of methoxy groups -OCH3 is 2. The molecule has 1 aromatic heterocycles. The van der Waals surface area contributed by atoms with Gasteiger partial charge in [-0.15, -0.1) is 0 Å². The van der Waals surface area contributed by atoms with Gasteiger partial charge in [0.1, 0.15) is 12.4 Å². The number of aromatic nitrogens is 2. The van der Waals surface area contributed by atoms with E-state index in [9.17, 15) is 4.79 Å². The number of guanidine groups is 1. The van der Waals surface area contributed by atoms with Gasteiger partial charge in [-0.2, -0.15) is 10.1 Å². The smallest absolute Gasteiger partial charge is 0.287 e. The van der Waals surface area contributed by atoms with E-state index in [-0.39, 0.29) is 10.5 Å². The number of hydrogen-bond acceptors (Lipinski definition) is 8. The van der Waals surface area contributed by atoms with Gasteiger partial charge in [0.05, 0.1) is 25.4 Å². The Bertz CT molecular complexity index is 1160. The molecule has 11 heteroatoms. The Morgan fingerprint density at radius 2 is 2.19 bits per heavy atom. The average Bonchev–Trinajstić information content (AvgIpc) is 3.47. The number of amidine groups is 1. The Hall–Kier alpha value is -3.67. The molecule has 11 nitrogen and oxygen atoms in total. The van der Waals surface area contributed by atoms with Crippen molar-refractivity contribution in [2.75, 3.05) is 24.9 Å². The van der Waals surface area contributed by atoms with Gasteiger partial charge in [0.15, 0.2) is 12.5 Å². The molecule has 0 aliphatic carbocycles. The third-order valence-electron chi connectivity index (χ3n) is 5.24. The summed E-state index contributed by atoms with van der Waals surface area (Å²) in [5.74, 6) is 1.07. The maximum atomic E-state index is 11.6. The molecule has 5 rings (SSSR count). The highest BCUT2D eigenvalue weighted by molar-refractivity contribution is 6.38. The van der Waals surface area contributed by atoms with Crippen molar-refractivity contribution in [1.82, 2.24) is 14.4 Å². The van der Waals surface area contributed by atoms with Gasteiger partial charge in [0.2, 0.25) is 11.6 Å². The molecule has 3 aliphatic heterocycles. The number of nitrogens with one attached hydrogen (secondary N) is 2. The molecule has 0 saturated carbocycles. The van der Waals surface area contributed by atoms with Crippen LogP contribution < -0.4 is 15.2 Å². The Morgan fingerprint density at radius 1 is 1.32 bits per heavy atom. The van der Waals surface area contributed by atoms with Gasteiger partial charge in [-0.1, -0.05) is 4.59 Å². The highest BCUT2D eigenvalue weighted by atomic mass is 16.7. The van der Waals surface area contributed by atoms with Crippen LogP contribution in [0.3, 0.4) is 0 Å². The Kier molecular flexibility index (Phi) is 4.70. The second-order valence-electron chi connectivity index (χ2n) is 7.20. The number of fused-ring (bicyclic) bond motifs is 2. The Labute approximate surface area is 178 Å². The number of aliphatic imine (C=N–C) groups is 2.